The molecule has 0 atom stereocenters. The van der Waals surface area contributed by atoms with Gasteiger partial charge in [0.15, 0.2) is 14.3 Å². The maximum atomic E-state index is 15.0. The van der Waals surface area contributed by atoms with Crippen LogP contribution in [0.2, 0.25) is 0 Å². The van der Waals surface area contributed by atoms with Gasteiger partial charge in [0.25, 0.3) is 0 Å². The van der Waals surface area contributed by atoms with E-state index in [1.807, 2.05) is 140 Å². The van der Waals surface area contributed by atoms with Gasteiger partial charge < -0.3 is 9.13 Å². The predicted octanol–water partition coefficient (Wildman–Crippen LogP) is 7.55. The van der Waals surface area contributed by atoms with Gasteiger partial charge in [-0.3, -0.25) is 0 Å². The lowest BCUT2D eigenvalue weighted by atomic mass is 10.0. The highest BCUT2D eigenvalue weighted by Crippen LogP contribution is 2.45. The Morgan fingerprint density at radius 3 is 1.21 bits per heavy atom. The Hall–Kier alpha value is -3.49. The van der Waals surface area contributed by atoms with Gasteiger partial charge in [-0.1, -0.05) is 146 Å². The molecule has 5 heteroatoms. The predicted molar refractivity (Wildman–Crippen MR) is 188 cm³/mol. The van der Waals surface area contributed by atoms with E-state index in [0.717, 1.165) is 52.1 Å². The normalized spacial score (nSPS) is 11.8. The Kier molecular flexibility index (Phi) is 8.19. The van der Waals surface area contributed by atoms with E-state index in [1.54, 1.807) is 0 Å². The van der Waals surface area contributed by atoms with Crippen LogP contribution in [0, 0.1) is 10.5 Å². The lowest BCUT2D eigenvalue weighted by Gasteiger charge is -2.23. The number of hydrogen-bond acceptors (Lipinski definition) is 2. The summed E-state index contributed by atoms with van der Waals surface area (Å²) in [5.74, 6) is 0. The molecule has 6 aromatic rings. The number of aryl methyl sites for hydroxylation is 1. The van der Waals surface area contributed by atoms with Gasteiger partial charge in [0.05, 0.1) is 0 Å². The van der Waals surface area contributed by atoms with Gasteiger partial charge in [-0.05, 0) is 58.3 Å². The fourth-order valence-electron chi connectivity index (χ4n) is 5.51. The van der Waals surface area contributed by atoms with Crippen molar-refractivity contribution >= 4 is 68.7 Å². The summed E-state index contributed by atoms with van der Waals surface area (Å²) in [7, 11) is -6.14. The summed E-state index contributed by atoms with van der Waals surface area (Å²) < 4.78 is 30.8. The summed E-state index contributed by atoms with van der Waals surface area (Å²) in [6, 6.07) is 51.3. The van der Waals surface area contributed by atoms with E-state index in [-0.39, 0.29) is 0 Å². The Bertz CT molecular complexity index is 1840. The van der Waals surface area contributed by atoms with Crippen molar-refractivity contribution in [1.29, 1.82) is 0 Å². The maximum Gasteiger partial charge on any atom is 0.171 e. The summed E-state index contributed by atoms with van der Waals surface area (Å²) in [4.78, 5) is 0. The highest BCUT2D eigenvalue weighted by molar-refractivity contribution is 14.1. The van der Waals surface area contributed by atoms with E-state index in [4.69, 9.17) is 0 Å². The van der Waals surface area contributed by atoms with Crippen LogP contribution in [0.4, 0.5) is 0 Å². The molecular formula is C37H29IO2P2. The third kappa shape index (κ3) is 5.15. The smallest absolute Gasteiger partial charge is 0.171 e. The molecule has 206 valence electrons. The van der Waals surface area contributed by atoms with Crippen LogP contribution in [0.25, 0.3) is 11.1 Å². The van der Waals surface area contributed by atoms with Crippen LogP contribution in [-0.2, 0) is 9.13 Å². The zero-order valence-corrected chi connectivity index (χ0v) is 27.0. The molecule has 0 aliphatic heterocycles. The molecule has 0 N–H and O–H groups in total. The second-order valence-corrected chi connectivity index (χ2v) is 16.9. The van der Waals surface area contributed by atoms with Gasteiger partial charge in [0.2, 0.25) is 0 Å². The average Bonchev–Trinajstić information content (AvgIpc) is 3.06. The zero-order valence-electron chi connectivity index (χ0n) is 23.1. The molecule has 2 nitrogen and oxygen atoms in total. The minimum absolute atomic E-state index is 0.796. The zero-order chi connectivity index (χ0) is 29.2. The number of hydrogen-bond donors (Lipinski definition) is 0. The van der Waals surface area contributed by atoms with Crippen molar-refractivity contribution in [2.75, 3.05) is 0 Å². The summed E-state index contributed by atoms with van der Waals surface area (Å²) in [5, 5.41) is 4.93. The van der Waals surface area contributed by atoms with Crippen LogP contribution < -0.4 is 31.8 Å². The summed E-state index contributed by atoms with van der Waals surface area (Å²) in [6.07, 6.45) is 0. The first kappa shape index (κ1) is 28.6. The van der Waals surface area contributed by atoms with E-state index in [1.165, 1.54) is 0 Å². The fraction of sp³-hybridized carbons (Fsp3) is 0.0270. The Morgan fingerprint density at radius 2 is 0.810 bits per heavy atom. The molecule has 0 saturated heterocycles. The Labute approximate surface area is 261 Å². The van der Waals surface area contributed by atoms with Crippen LogP contribution in [0.3, 0.4) is 0 Å². The molecular weight excluding hydrogens is 665 g/mol. The van der Waals surface area contributed by atoms with E-state index < -0.39 is 14.3 Å². The topological polar surface area (TPSA) is 34.1 Å². The van der Waals surface area contributed by atoms with Crippen molar-refractivity contribution in [3.8, 4) is 11.1 Å². The highest BCUT2D eigenvalue weighted by Gasteiger charge is 2.32. The molecule has 0 amide bonds. The van der Waals surface area contributed by atoms with E-state index in [0.29, 0.717) is 0 Å². The number of halogens is 1. The molecule has 0 spiro atoms. The molecule has 0 radical (unpaired) electrons. The van der Waals surface area contributed by atoms with Crippen molar-refractivity contribution in [2.24, 2.45) is 0 Å². The molecule has 0 aromatic heterocycles. The van der Waals surface area contributed by atoms with Gasteiger partial charge in [-0.2, -0.15) is 0 Å². The largest absolute Gasteiger partial charge is 0.309 e. The molecule has 0 fully saturated rings. The molecule has 6 aromatic carbocycles. The SMILES string of the molecule is Cc1cc(-c2ccc(P(=O)(c3ccccc3)c3ccccc3)cc2)c(I)cc1P(=O)(c1ccccc1)c1ccccc1. The Morgan fingerprint density at radius 1 is 0.452 bits per heavy atom. The fourth-order valence-corrected chi connectivity index (χ4v) is 12.1. The van der Waals surface area contributed by atoms with Gasteiger partial charge in [-0.25, -0.2) is 0 Å². The minimum Gasteiger partial charge on any atom is -0.309 e. The van der Waals surface area contributed by atoms with Crippen molar-refractivity contribution in [1.82, 2.24) is 0 Å². The van der Waals surface area contributed by atoms with E-state index in [9.17, 15) is 4.57 Å². The van der Waals surface area contributed by atoms with Gasteiger partial charge >= 0.3 is 0 Å². The van der Waals surface area contributed by atoms with Crippen LogP contribution in [0.1, 0.15) is 5.56 Å². The lowest BCUT2D eigenvalue weighted by Crippen LogP contribution is -2.27. The van der Waals surface area contributed by atoms with Crippen molar-refractivity contribution < 1.29 is 9.13 Å². The third-order valence-corrected chi connectivity index (χ3v) is 14.8. The average molecular weight is 694 g/mol. The van der Waals surface area contributed by atoms with Crippen LogP contribution >= 0.6 is 36.9 Å². The first-order valence-electron chi connectivity index (χ1n) is 13.8. The summed E-state index contributed by atoms with van der Waals surface area (Å²) >= 11 is 2.35. The first-order chi connectivity index (χ1) is 20.4. The molecule has 6 rings (SSSR count). The van der Waals surface area contributed by atoms with Crippen molar-refractivity contribution in [3.05, 3.63) is 167 Å². The minimum atomic E-state index is -3.09. The lowest BCUT2D eigenvalue weighted by molar-refractivity contribution is 0.591. The second-order valence-electron chi connectivity index (χ2n) is 10.2. The maximum absolute atomic E-state index is 15.0. The monoisotopic (exact) mass is 694 g/mol. The first-order valence-corrected chi connectivity index (χ1v) is 18.3. The molecule has 42 heavy (non-hydrogen) atoms. The van der Waals surface area contributed by atoms with Crippen LogP contribution in [0.15, 0.2) is 158 Å². The van der Waals surface area contributed by atoms with Gasteiger partial charge in [-0.15, -0.1) is 0 Å². The van der Waals surface area contributed by atoms with Crippen LogP contribution in [-0.4, -0.2) is 0 Å². The highest BCUT2D eigenvalue weighted by atomic mass is 127. The second kappa shape index (κ2) is 12.0. The summed E-state index contributed by atoms with van der Waals surface area (Å²) in [5.41, 5.74) is 3.06. The molecule has 0 aliphatic carbocycles. The molecule has 0 bridgehead atoms. The van der Waals surface area contributed by atoms with Crippen molar-refractivity contribution in [3.63, 3.8) is 0 Å². The number of benzene rings is 6. The van der Waals surface area contributed by atoms with Crippen molar-refractivity contribution in [2.45, 2.75) is 6.92 Å². The van der Waals surface area contributed by atoms with Gasteiger partial charge in [0, 0.05) is 35.4 Å². The summed E-state index contributed by atoms with van der Waals surface area (Å²) in [6.45, 7) is 2.04. The quantitative estimate of drug-likeness (QED) is 0.128. The standard InChI is InChI=1S/C37H29IO2P2/c1-28-26-35(36(38)27-37(28)42(40,32-18-10-4-11-19-32)33-20-12-5-13-21-33)29-22-24-34(25-23-29)41(39,30-14-6-2-7-15-30)31-16-8-3-9-17-31/h2-27H,1H3. The third-order valence-electron chi connectivity index (χ3n) is 7.65. The molecule has 0 aliphatic rings. The van der Waals surface area contributed by atoms with E-state index in [2.05, 4.69) is 46.9 Å². The Balaban J connectivity index is 1.44. The van der Waals surface area contributed by atoms with Crippen LogP contribution in [0.5, 0.6) is 0 Å². The number of rotatable bonds is 7. The molecule has 0 heterocycles. The van der Waals surface area contributed by atoms with E-state index >= 15 is 4.57 Å². The molecule has 0 saturated carbocycles. The molecule has 0 unspecified atom stereocenters. The van der Waals surface area contributed by atoms with Gasteiger partial charge in [0.1, 0.15) is 0 Å².